The highest BCUT2D eigenvalue weighted by Crippen LogP contribution is 2.04. The fourth-order valence-corrected chi connectivity index (χ4v) is 4.17. The highest BCUT2D eigenvalue weighted by atomic mass is 16.5. The summed E-state index contributed by atoms with van der Waals surface area (Å²) < 4.78 is 26.7. The Balaban J connectivity index is 0. The Bertz CT molecular complexity index is 881. The molecule has 51 heavy (non-hydrogen) atoms. The summed E-state index contributed by atoms with van der Waals surface area (Å²) in [6, 6.07) is -1.98. The molecule has 0 radical (unpaired) electrons. The molecule has 2 unspecified atom stereocenters. The lowest BCUT2D eigenvalue weighted by molar-refractivity contribution is -0.131. The van der Waals surface area contributed by atoms with E-state index in [1.54, 1.807) is 7.11 Å². The third kappa shape index (κ3) is 32.8. The molecule has 0 fully saturated rings. The topological polar surface area (TPSA) is 192 Å². The van der Waals surface area contributed by atoms with Gasteiger partial charge in [0.1, 0.15) is 12.1 Å². The zero-order valence-corrected chi connectivity index (χ0v) is 32.5. The molecule has 0 bridgehead atoms. The number of carbonyl (C=O) groups is 5. The lowest BCUT2D eigenvalue weighted by atomic mass is 10.1. The lowest BCUT2D eigenvalue weighted by Crippen LogP contribution is -2.50. The highest BCUT2D eigenvalue weighted by Gasteiger charge is 2.25. The molecule has 5 N–H and O–H groups in total. The van der Waals surface area contributed by atoms with E-state index in [0.717, 1.165) is 38.5 Å². The first-order valence-corrected chi connectivity index (χ1v) is 19.0. The Hall–Kier alpha value is -2.85. The van der Waals surface area contributed by atoms with Crippen LogP contribution in [0.4, 0.5) is 0 Å². The fourth-order valence-electron chi connectivity index (χ4n) is 4.17. The second kappa shape index (κ2) is 38.4. The predicted molar refractivity (Wildman–Crippen MR) is 197 cm³/mol. The average Bonchev–Trinajstić information content (AvgIpc) is 3.13. The molecule has 0 aromatic carbocycles. The van der Waals surface area contributed by atoms with Gasteiger partial charge in [-0.3, -0.25) is 24.0 Å². The number of methoxy groups -OCH3 is 1. The van der Waals surface area contributed by atoms with Crippen LogP contribution in [0.25, 0.3) is 0 Å². The summed E-state index contributed by atoms with van der Waals surface area (Å²) in [6.45, 7) is 14.8. The summed E-state index contributed by atoms with van der Waals surface area (Å²) in [5, 5.41) is 13.7. The second-order valence-electron chi connectivity index (χ2n) is 11.5. The number of rotatable bonds is 34. The number of ether oxygens (including phenoxy) is 5. The molecule has 0 saturated carbocycles. The van der Waals surface area contributed by atoms with Crippen molar-refractivity contribution in [1.82, 2.24) is 26.6 Å². The quantitative estimate of drug-likeness (QED) is 0.0614. The zero-order valence-electron chi connectivity index (χ0n) is 32.5. The van der Waals surface area contributed by atoms with Gasteiger partial charge in [0, 0.05) is 65.8 Å². The Kier molecular flexibility index (Phi) is 37.8. The van der Waals surface area contributed by atoms with Crippen LogP contribution in [0.5, 0.6) is 0 Å². The van der Waals surface area contributed by atoms with Crippen molar-refractivity contribution in [3.05, 3.63) is 0 Å². The van der Waals surface area contributed by atoms with Crippen molar-refractivity contribution in [3.8, 4) is 0 Å². The van der Waals surface area contributed by atoms with Gasteiger partial charge in [0.2, 0.25) is 29.5 Å². The average molecular weight is 734 g/mol. The summed E-state index contributed by atoms with van der Waals surface area (Å²) in [6.07, 6.45) is 5.73. The number of carbonyl (C=O) groups excluding carboxylic acids is 5. The van der Waals surface area contributed by atoms with E-state index >= 15 is 0 Å². The molecule has 0 aliphatic heterocycles. The van der Waals surface area contributed by atoms with Gasteiger partial charge in [-0.05, 0) is 32.1 Å². The number of nitrogens with one attached hydrogen (secondary N) is 5. The van der Waals surface area contributed by atoms with Crippen molar-refractivity contribution in [3.63, 3.8) is 0 Å². The van der Waals surface area contributed by atoms with Gasteiger partial charge in [-0.15, -0.1) is 0 Å². The first-order valence-electron chi connectivity index (χ1n) is 19.0. The molecule has 0 aromatic heterocycles. The third-order valence-electron chi connectivity index (χ3n) is 7.12. The standard InChI is InChI=1S/C34H65N5O10.C2H6/c1-5-8-19-46-23-16-35-30(40)13-11-28(33(43)36-17-24-47-20-9-6-2)38-31(41)14-12-29(34(44)37-18-25-48-21-10-7-3)39-32(42)15-22-49-27-26-45-4;1-2/h28-29H,5-27H2,1-4H3,(H,35,40)(H,36,43)(H,37,44)(H,38,41)(H,39,42);1-2H3. The van der Waals surface area contributed by atoms with Gasteiger partial charge in [0.05, 0.1) is 39.6 Å². The molecular weight excluding hydrogens is 662 g/mol. The van der Waals surface area contributed by atoms with Crippen LogP contribution in [-0.2, 0) is 47.7 Å². The van der Waals surface area contributed by atoms with E-state index in [2.05, 4.69) is 47.4 Å². The SMILES string of the molecule is CC.CCCCOCCNC(=O)CCC(NC(=O)CCC(NC(=O)CCOCCOC)C(=O)NCCOCCCC)C(=O)NCCOCCCC. The molecule has 0 aliphatic carbocycles. The molecule has 0 saturated heterocycles. The molecule has 2 atom stereocenters. The van der Waals surface area contributed by atoms with Crippen molar-refractivity contribution in [1.29, 1.82) is 0 Å². The van der Waals surface area contributed by atoms with Crippen LogP contribution >= 0.6 is 0 Å². The first kappa shape index (κ1) is 50.3. The van der Waals surface area contributed by atoms with E-state index in [-0.39, 0.29) is 57.7 Å². The smallest absolute Gasteiger partial charge is 0.242 e. The molecule has 0 aliphatic rings. The summed E-state index contributed by atoms with van der Waals surface area (Å²) in [7, 11) is 1.55. The molecule has 0 aromatic rings. The van der Waals surface area contributed by atoms with Crippen molar-refractivity contribution in [2.75, 3.05) is 86.2 Å². The maximum absolute atomic E-state index is 13.1. The van der Waals surface area contributed by atoms with E-state index in [1.807, 2.05) is 13.8 Å². The maximum Gasteiger partial charge on any atom is 0.242 e. The summed E-state index contributed by atoms with van der Waals surface area (Å²) in [5.74, 6) is -2.06. The van der Waals surface area contributed by atoms with Crippen LogP contribution < -0.4 is 26.6 Å². The summed E-state index contributed by atoms with van der Waals surface area (Å²) in [5.41, 5.74) is 0. The number of hydrogen-bond donors (Lipinski definition) is 5. The molecule has 5 amide bonds. The van der Waals surface area contributed by atoms with Gasteiger partial charge < -0.3 is 50.3 Å². The Morgan fingerprint density at radius 3 is 1.29 bits per heavy atom. The molecule has 0 spiro atoms. The van der Waals surface area contributed by atoms with Crippen LogP contribution in [-0.4, -0.2) is 128 Å². The Morgan fingerprint density at radius 1 is 0.471 bits per heavy atom. The van der Waals surface area contributed by atoms with Gasteiger partial charge in [-0.2, -0.15) is 0 Å². The summed E-state index contributed by atoms with van der Waals surface area (Å²) in [4.78, 5) is 64.1. The normalized spacial score (nSPS) is 11.8. The van der Waals surface area contributed by atoms with Crippen LogP contribution in [0.3, 0.4) is 0 Å². The van der Waals surface area contributed by atoms with Crippen LogP contribution in [0.15, 0.2) is 0 Å². The van der Waals surface area contributed by atoms with Crippen LogP contribution in [0, 0.1) is 0 Å². The van der Waals surface area contributed by atoms with Crippen molar-refractivity contribution < 1.29 is 47.7 Å². The second-order valence-corrected chi connectivity index (χ2v) is 11.5. The maximum atomic E-state index is 13.1. The predicted octanol–water partition coefficient (Wildman–Crippen LogP) is 2.39. The molecule has 0 heterocycles. The Labute approximate surface area is 307 Å². The fraction of sp³-hybridized carbons (Fsp3) is 0.861. The summed E-state index contributed by atoms with van der Waals surface area (Å²) >= 11 is 0. The van der Waals surface area contributed by atoms with Crippen LogP contribution in [0.1, 0.15) is 105 Å². The largest absolute Gasteiger partial charge is 0.382 e. The molecule has 300 valence electrons. The number of unbranched alkanes of at least 4 members (excludes halogenated alkanes) is 3. The molecular formula is C36H71N5O10. The molecule has 15 heteroatoms. The van der Waals surface area contributed by atoms with Crippen LogP contribution in [0.2, 0.25) is 0 Å². The van der Waals surface area contributed by atoms with E-state index < -0.39 is 35.7 Å². The van der Waals surface area contributed by atoms with E-state index in [0.29, 0.717) is 59.4 Å². The third-order valence-corrected chi connectivity index (χ3v) is 7.12. The first-order chi connectivity index (χ1) is 24.8. The Morgan fingerprint density at radius 2 is 0.863 bits per heavy atom. The van der Waals surface area contributed by atoms with Gasteiger partial charge >= 0.3 is 0 Å². The number of hydrogen-bond acceptors (Lipinski definition) is 10. The van der Waals surface area contributed by atoms with Crippen molar-refractivity contribution in [2.45, 2.75) is 117 Å². The number of amides is 5. The van der Waals surface area contributed by atoms with E-state index in [4.69, 9.17) is 23.7 Å². The minimum Gasteiger partial charge on any atom is -0.382 e. The molecule has 15 nitrogen and oxygen atoms in total. The zero-order chi connectivity index (χ0) is 38.4. The van der Waals surface area contributed by atoms with Gasteiger partial charge in [-0.1, -0.05) is 53.9 Å². The van der Waals surface area contributed by atoms with Gasteiger partial charge in [0.15, 0.2) is 0 Å². The lowest BCUT2D eigenvalue weighted by Gasteiger charge is -2.21. The van der Waals surface area contributed by atoms with E-state index in [1.165, 1.54) is 0 Å². The molecule has 0 rings (SSSR count). The van der Waals surface area contributed by atoms with Gasteiger partial charge in [0.25, 0.3) is 0 Å². The highest BCUT2D eigenvalue weighted by molar-refractivity contribution is 5.90. The van der Waals surface area contributed by atoms with Crippen molar-refractivity contribution >= 4 is 29.5 Å². The van der Waals surface area contributed by atoms with E-state index in [9.17, 15) is 24.0 Å². The monoisotopic (exact) mass is 734 g/mol. The van der Waals surface area contributed by atoms with Crippen molar-refractivity contribution in [2.24, 2.45) is 0 Å². The van der Waals surface area contributed by atoms with Gasteiger partial charge in [-0.25, -0.2) is 0 Å². The minimum atomic E-state index is -0.995. The minimum absolute atomic E-state index is 0.00813.